The zero-order valence-electron chi connectivity index (χ0n) is 12.1. The van der Waals surface area contributed by atoms with E-state index in [4.69, 9.17) is 14.6 Å². The van der Waals surface area contributed by atoms with Crippen LogP contribution in [0.5, 0.6) is 11.5 Å². The van der Waals surface area contributed by atoms with Crippen LogP contribution in [-0.2, 0) is 4.79 Å². The Morgan fingerprint density at radius 2 is 1.95 bits per heavy atom. The number of methoxy groups -OCH3 is 2. The second-order valence-electron chi connectivity index (χ2n) is 5.09. The summed E-state index contributed by atoms with van der Waals surface area (Å²) in [6, 6.07) is 4.54. The molecule has 1 aliphatic carbocycles. The van der Waals surface area contributed by atoms with E-state index in [0.717, 1.165) is 12.8 Å². The van der Waals surface area contributed by atoms with Gasteiger partial charge in [-0.05, 0) is 37.0 Å². The molecular formula is C15H19NO5. The quantitative estimate of drug-likeness (QED) is 0.799. The van der Waals surface area contributed by atoms with Crippen LogP contribution in [0.2, 0.25) is 0 Å². The summed E-state index contributed by atoms with van der Waals surface area (Å²) in [6.45, 7) is 0. The van der Waals surface area contributed by atoms with Gasteiger partial charge in [-0.1, -0.05) is 0 Å². The summed E-state index contributed by atoms with van der Waals surface area (Å²) < 4.78 is 10.3. The third-order valence-electron chi connectivity index (χ3n) is 3.55. The Balaban J connectivity index is 2.09. The van der Waals surface area contributed by atoms with Crippen molar-refractivity contribution in [2.75, 3.05) is 14.2 Å². The van der Waals surface area contributed by atoms with Crippen molar-refractivity contribution in [1.82, 2.24) is 5.32 Å². The number of carboxylic acids is 1. The zero-order valence-corrected chi connectivity index (χ0v) is 12.1. The first kappa shape index (κ1) is 15.2. The Kier molecular flexibility index (Phi) is 4.67. The van der Waals surface area contributed by atoms with E-state index in [9.17, 15) is 9.59 Å². The van der Waals surface area contributed by atoms with E-state index in [-0.39, 0.29) is 24.3 Å². The monoisotopic (exact) mass is 293 g/mol. The number of carbonyl (C=O) groups excluding carboxylic acids is 1. The van der Waals surface area contributed by atoms with Crippen LogP contribution < -0.4 is 14.8 Å². The lowest BCUT2D eigenvalue weighted by Gasteiger charge is -2.17. The predicted molar refractivity (Wildman–Crippen MR) is 75.8 cm³/mol. The van der Waals surface area contributed by atoms with E-state index in [2.05, 4.69) is 5.32 Å². The molecule has 0 spiro atoms. The van der Waals surface area contributed by atoms with Gasteiger partial charge in [0.1, 0.15) is 0 Å². The maximum absolute atomic E-state index is 12.2. The Labute approximate surface area is 123 Å². The fourth-order valence-electron chi connectivity index (χ4n) is 2.25. The van der Waals surface area contributed by atoms with E-state index in [1.807, 2.05) is 0 Å². The lowest BCUT2D eigenvalue weighted by atomic mass is 10.1. The van der Waals surface area contributed by atoms with Crippen molar-refractivity contribution in [1.29, 1.82) is 0 Å². The standard InChI is InChI=1S/C15H19NO5/c1-20-12-6-5-10(7-13(12)21-2)15(19)16-11(8-14(17)18)9-3-4-9/h5-7,9,11H,3-4,8H2,1-2H3,(H,16,19)(H,17,18). The van der Waals surface area contributed by atoms with E-state index in [0.29, 0.717) is 17.1 Å². The summed E-state index contributed by atoms with van der Waals surface area (Å²) >= 11 is 0. The minimum absolute atomic E-state index is 0.0519. The van der Waals surface area contributed by atoms with Gasteiger partial charge in [0.25, 0.3) is 5.91 Å². The first-order valence-corrected chi connectivity index (χ1v) is 6.79. The lowest BCUT2D eigenvalue weighted by molar-refractivity contribution is -0.137. The average molecular weight is 293 g/mol. The molecule has 6 nitrogen and oxygen atoms in total. The van der Waals surface area contributed by atoms with E-state index in [1.165, 1.54) is 14.2 Å². The molecule has 0 heterocycles. The first-order chi connectivity index (χ1) is 10.0. The summed E-state index contributed by atoms with van der Waals surface area (Å²) in [5, 5.41) is 11.7. The zero-order chi connectivity index (χ0) is 15.4. The van der Waals surface area contributed by atoms with Crippen molar-refractivity contribution in [2.24, 2.45) is 5.92 Å². The molecule has 2 rings (SSSR count). The molecule has 1 fully saturated rings. The minimum Gasteiger partial charge on any atom is -0.493 e. The summed E-state index contributed by atoms with van der Waals surface area (Å²) in [5.41, 5.74) is 0.420. The van der Waals surface area contributed by atoms with Gasteiger partial charge in [0.15, 0.2) is 11.5 Å². The fraction of sp³-hybridized carbons (Fsp3) is 0.467. The lowest BCUT2D eigenvalue weighted by Crippen LogP contribution is -2.38. The molecule has 1 aromatic rings. The number of carboxylic acid groups (broad SMARTS) is 1. The van der Waals surface area contributed by atoms with Crippen LogP contribution in [0.1, 0.15) is 29.6 Å². The summed E-state index contributed by atoms with van der Waals surface area (Å²) in [4.78, 5) is 23.1. The van der Waals surface area contributed by atoms with Crippen LogP contribution in [0.25, 0.3) is 0 Å². The van der Waals surface area contributed by atoms with Crippen LogP contribution in [0.3, 0.4) is 0 Å². The number of rotatable bonds is 7. The molecule has 0 aromatic heterocycles. The van der Waals surface area contributed by atoms with E-state index < -0.39 is 5.97 Å². The molecule has 0 saturated heterocycles. The minimum atomic E-state index is -0.903. The maximum Gasteiger partial charge on any atom is 0.305 e. The molecule has 2 N–H and O–H groups in total. The van der Waals surface area contributed by atoms with Crippen molar-refractivity contribution in [3.05, 3.63) is 23.8 Å². The highest BCUT2D eigenvalue weighted by molar-refractivity contribution is 5.95. The number of aliphatic carboxylic acids is 1. The number of hydrogen-bond acceptors (Lipinski definition) is 4. The Morgan fingerprint density at radius 1 is 1.29 bits per heavy atom. The molecule has 21 heavy (non-hydrogen) atoms. The number of carbonyl (C=O) groups is 2. The van der Waals surface area contributed by atoms with Crippen molar-refractivity contribution in [3.8, 4) is 11.5 Å². The Morgan fingerprint density at radius 3 is 2.48 bits per heavy atom. The Bertz CT molecular complexity index is 539. The first-order valence-electron chi connectivity index (χ1n) is 6.79. The third-order valence-corrected chi connectivity index (χ3v) is 3.55. The average Bonchev–Trinajstić information content (AvgIpc) is 3.29. The highest BCUT2D eigenvalue weighted by atomic mass is 16.5. The second kappa shape index (κ2) is 6.47. The second-order valence-corrected chi connectivity index (χ2v) is 5.09. The van der Waals surface area contributed by atoms with Gasteiger partial charge in [0.05, 0.1) is 20.6 Å². The number of ether oxygens (including phenoxy) is 2. The normalized spacial score (nSPS) is 15.1. The van der Waals surface area contributed by atoms with Gasteiger partial charge >= 0.3 is 5.97 Å². The molecule has 0 radical (unpaired) electrons. The van der Waals surface area contributed by atoms with Gasteiger partial charge in [-0.25, -0.2) is 0 Å². The Hall–Kier alpha value is -2.24. The highest BCUT2D eigenvalue weighted by Gasteiger charge is 2.33. The van der Waals surface area contributed by atoms with Gasteiger partial charge in [0, 0.05) is 11.6 Å². The largest absolute Gasteiger partial charge is 0.493 e. The maximum atomic E-state index is 12.2. The van der Waals surface area contributed by atoms with Crippen LogP contribution in [0.15, 0.2) is 18.2 Å². The SMILES string of the molecule is COc1ccc(C(=O)NC(CC(=O)O)C2CC2)cc1OC. The van der Waals surface area contributed by atoms with Gasteiger partial charge in [-0.2, -0.15) is 0 Å². The van der Waals surface area contributed by atoms with Gasteiger partial charge in [0.2, 0.25) is 0 Å². The molecule has 114 valence electrons. The molecule has 1 aliphatic rings. The van der Waals surface area contributed by atoms with Crippen molar-refractivity contribution in [2.45, 2.75) is 25.3 Å². The fourth-order valence-corrected chi connectivity index (χ4v) is 2.25. The molecule has 6 heteroatoms. The number of hydrogen-bond donors (Lipinski definition) is 2. The third kappa shape index (κ3) is 3.87. The van der Waals surface area contributed by atoms with Crippen molar-refractivity contribution < 1.29 is 24.2 Å². The van der Waals surface area contributed by atoms with Gasteiger partial charge in [-0.15, -0.1) is 0 Å². The van der Waals surface area contributed by atoms with E-state index in [1.54, 1.807) is 18.2 Å². The van der Waals surface area contributed by atoms with Gasteiger partial charge in [-0.3, -0.25) is 9.59 Å². The van der Waals surface area contributed by atoms with Crippen LogP contribution in [0, 0.1) is 5.92 Å². The molecule has 1 saturated carbocycles. The molecule has 0 aliphatic heterocycles. The molecule has 1 aromatic carbocycles. The number of benzene rings is 1. The van der Waals surface area contributed by atoms with Crippen LogP contribution >= 0.6 is 0 Å². The summed E-state index contributed by atoms with van der Waals surface area (Å²) in [7, 11) is 3.02. The molecular weight excluding hydrogens is 274 g/mol. The molecule has 0 bridgehead atoms. The summed E-state index contributed by atoms with van der Waals surface area (Å²) in [5.74, 6) is 0.0727. The predicted octanol–water partition coefficient (Wildman–Crippen LogP) is 1.69. The van der Waals surface area contributed by atoms with Gasteiger partial charge < -0.3 is 19.9 Å². The van der Waals surface area contributed by atoms with Crippen LogP contribution in [0.4, 0.5) is 0 Å². The number of amides is 1. The highest BCUT2D eigenvalue weighted by Crippen LogP contribution is 2.34. The van der Waals surface area contributed by atoms with Crippen molar-refractivity contribution in [3.63, 3.8) is 0 Å². The molecule has 1 unspecified atom stereocenters. The molecule has 1 amide bonds. The van der Waals surface area contributed by atoms with Crippen LogP contribution in [-0.4, -0.2) is 37.2 Å². The van der Waals surface area contributed by atoms with Crippen molar-refractivity contribution >= 4 is 11.9 Å². The molecule has 1 atom stereocenters. The topological polar surface area (TPSA) is 84.9 Å². The smallest absolute Gasteiger partial charge is 0.305 e. The number of nitrogens with one attached hydrogen (secondary N) is 1. The summed E-state index contributed by atoms with van der Waals surface area (Å²) in [6.07, 6.45) is 1.87. The van der Waals surface area contributed by atoms with E-state index >= 15 is 0 Å².